The highest BCUT2D eigenvalue weighted by molar-refractivity contribution is 7.89. The van der Waals surface area contributed by atoms with Crippen LogP contribution in [0, 0.1) is 6.92 Å². The van der Waals surface area contributed by atoms with Gasteiger partial charge in [0.05, 0.1) is 10.6 Å². The molecule has 1 aliphatic heterocycles. The summed E-state index contributed by atoms with van der Waals surface area (Å²) in [7, 11) is -3.58. The normalized spacial score (nSPS) is 16.1. The zero-order valence-electron chi connectivity index (χ0n) is 17.1. The van der Waals surface area contributed by atoms with Gasteiger partial charge in [0.15, 0.2) is 5.15 Å². The first-order chi connectivity index (χ1) is 14.9. The molecule has 4 rings (SSSR count). The quantitative estimate of drug-likeness (QED) is 0.562. The third-order valence-corrected chi connectivity index (χ3v) is 7.52. The largest absolute Gasteiger partial charge is 0.338 e. The van der Waals surface area contributed by atoms with Crippen molar-refractivity contribution in [3.8, 4) is 0 Å². The van der Waals surface area contributed by atoms with Crippen molar-refractivity contribution < 1.29 is 13.2 Å². The number of carbonyl (C=O) groups excluding carboxylic acids is 1. The van der Waals surface area contributed by atoms with Crippen molar-refractivity contribution in [3.05, 3.63) is 71.1 Å². The SMILES string of the molecule is Cc1ccc(S(=O)(=O)N2CCCN(C(=O)/C=C/c3c(Cl)nc4ccccn34)CC2)cc1. The number of sulfonamides is 1. The Kier molecular flexibility index (Phi) is 6.13. The maximum absolute atomic E-state index is 13.0. The predicted molar refractivity (Wildman–Crippen MR) is 120 cm³/mol. The minimum Gasteiger partial charge on any atom is -0.338 e. The second-order valence-electron chi connectivity index (χ2n) is 7.45. The van der Waals surface area contributed by atoms with E-state index in [4.69, 9.17) is 11.6 Å². The van der Waals surface area contributed by atoms with Gasteiger partial charge in [-0.15, -0.1) is 0 Å². The van der Waals surface area contributed by atoms with Crippen LogP contribution in [0.15, 0.2) is 59.6 Å². The molecule has 1 aliphatic rings. The molecule has 3 heterocycles. The predicted octanol–water partition coefficient (Wildman–Crippen LogP) is 3.23. The second-order valence-corrected chi connectivity index (χ2v) is 9.74. The fraction of sp³-hybridized carbons (Fsp3) is 0.273. The molecule has 9 heteroatoms. The number of carbonyl (C=O) groups is 1. The van der Waals surface area contributed by atoms with E-state index in [2.05, 4.69) is 4.98 Å². The summed E-state index contributed by atoms with van der Waals surface area (Å²) in [5, 5.41) is 0.321. The van der Waals surface area contributed by atoms with Gasteiger partial charge in [-0.3, -0.25) is 9.20 Å². The van der Waals surface area contributed by atoms with Crippen LogP contribution in [0.4, 0.5) is 0 Å². The Hall–Kier alpha value is -2.68. The van der Waals surface area contributed by atoms with Crippen molar-refractivity contribution in [3.63, 3.8) is 0 Å². The number of amides is 1. The molecule has 0 saturated carbocycles. The van der Waals surface area contributed by atoms with Gasteiger partial charge in [0, 0.05) is 38.5 Å². The van der Waals surface area contributed by atoms with E-state index >= 15 is 0 Å². The number of benzene rings is 1. The highest BCUT2D eigenvalue weighted by atomic mass is 35.5. The Morgan fingerprint density at radius 3 is 2.61 bits per heavy atom. The molecule has 1 fully saturated rings. The number of nitrogens with zero attached hydrogens (tertiary/aromatic N) is 4. The summed E-state index contributed by atoms with van der Waals surface area (Å²) in [5.41, 5.74) is 2.33. The van der Waals surface area contributed by atoms with E-state index in [0.717, 1.165) is 5.56 Å². The van der Waals surface area contributed by atoms with E-state index in [1.165, 1.54) is 10.4 Å². The first kappa shape index (κ1) is 21.5. The molecular formula is C22H23ClN4O3S. The second kappa shape index (κ2) is 8.82. The van der Waals surface area contributed by atoms with Crippen LogP contribution in [0.2, 0.25) is 5.15 Å². The number of halogens is 1. The van der Waals surface area contributed by atoms with Gasteiger partial charge in [-0.1, -0.05) is 35.4 Å². The summed E-state index contributed by atoms with van der Waals surface area (Å²) in [5.74, 6) is -0.184. The Bertz CT molecular complexity index is 1240. The number of imidazole rings is 1. The lowest BCUT2D eigenvalue weighted by Crippen LogP contribution is -2.36. The summed E-state index contributed by atoms with van der Waals surface area (Å²) >= 11 is 6.22. The van der Waals surface area contributed by atoms with Crippen LogP contribution >= 0.6 is 11.6 Å². The molecule has 1 amide bonds. The molecular weight excluding hydrogens is 436 g/mol. The Morgan fingerprint density at radius 2 is 1.84 bits per heavy atom. The van der Waals surface area contributed by atoms with Crippen LogP contribution in [-0.4, -0.2) is 59.1 Å². The monoisotopic (exact) mass is 458 g/mol. The van der Waals surface area contributed by atoms with Crippen molar-refractivity contribution >= 4 is 39.3 Å². The molecule has 7 nitrogen and oxygen atoms in total. The first-order valence-corrected chi connectivity index (χ1v) is 11.8. The smallest absolute Gasteiger partial charge is 0.246 e. The zero-order valence-corrected chi connectivity index (χ0v) is 18.7. The van der Waals surface area contributed by atoms with Crippen molar-refractivity contribution in [1.29, 1.82) is 0 Å². The summed E-state index contributed by atoms with van der Waals surface area (Å²) in [6.07, 6.45) is 5.52. The van der Waals surface area contributed by atoms with Gasteiger partial charge in [-0.25, -0.2) is 13.4 Å². The molecule has 0 N–H and O–H groups in total. The molecule has 1 aromatic carbocycles. The lowest BCUT2D eigenvalue weighted by Gasteiger charge is -2.21. The number of aromatic nitrogens is 2. The molecule has 0 atom stereocenters. The maximum Gasteiger partial charge on any atom is 0.246 e. The van der Waals surface area contributed by atoms with Gasteiger partial charge in [0.1, 0.15) is 5.65 Å². The lowest BCUT2D eigenvalue weighted by molar-refractivity contribution is -0.125. The number of hydrogen-bond acceptors (Lipinski definition) is 4. The number of aryl methyl sites for hydroxylation is 1. The van der Waals surface area contributed by atoms with Gasteiger partial charge >= 0.3 is 0 Å². The molecule has 0 aliphatic carbocycles. The summed E-state index contributed by atoms with van der Waals surface area (Å²) in [6, 6.07) is 12.4. The average molecular weight is 459 g/mol. The molecule has 1 saturated heterocycles. The Labute approximate surface area is 186 Å². The maximum atomic E-state index is 13.0. The third-order valence-electron chi connectivity index (χ3n) is 5.33. The first-order valence-electron chi connectivity index (χ1n) is 10.0. The molecule has 162 valence electrons. The van der Waals surface area contributed by atoms with E-state index in [1.54, 1.807) is 35.2 Å². The Morgan fingerprint density at radius 1 is 1.06 bits per heavy atom. The highest BCUT2D eigenvalue weighted by Crippen LogP contribution is 2.20. The minimum atomic E-state index is -3.58. The van der Waals surface area contributed by atoms with Crippen LogP contribution in [0.5, 0.6) is 0 Å². The van der Waals surface area contributed by atoms with Crippen molar-refractivity contribution in [2.24, 2.45) is 0 Å². The summed E-state index contributed by atoms with van der Waals surface area (Å²) in [6.45, 7) is 3.37. The number of fused-ring (bicyclic) bond motifs is 1. The van der Waals surface area contributed by atoms with Crippen molar-refractivity contribution in [2.45, 2.75) is 18.2 Å². The Balaban J connectivity index is 1.46. The topological polar surface area (TPSA) is 75.0 Å². The van der Waals surface area contributed by atoms with E-state index < -0.39 is 10.0 Å². The van der Waals surface area contributed by atoms with Gasteiger partial charge in [-0.2, -0.15) is 4.31 Å². The zero-order chi connectivity index (χ0) is 22.0. The van der Waals surface area contributed by atoms with E-state index in [0.29, 0.717) is 42.5 Å². The fourth-order valence-corrected chi connectivity index (χ4v) is 5.31. The number of hydrogen-bond donors (Lipinski definition) is 0. The van der Waals surface area contributed by atoms with E-state index in [-0.39, 0.29) is 17.3 Å². The summed E-state index contributed by atoms with van der Waals surface area (Å²) in [4.78, 5) is 19.0. The lowest BCUT2D eigenvalue weighted by atomic mass is 10.2. The van der Waals surface area contributed by atoms with Gasteiger partial charge in [0.25, 0.3) is 0 Å². The van der Waals surface area contributed by atoms with Crippen molar-refractivity contribution in [2.75, 3.05) is 26.2 Å². The van der Waals surface area contributed by atoms with Gasteiger partial charge < -0.3 is 4.90 Å². The van der Waals surface area contributed by atoms with Crippen LogP contribution in [0.25, 0.3) is 11.7 Å². The minimum absolute atomic E-state index is 0.184. The van der Waals surface area contributed by atoms with Gasteiger partial charge in [-0.05, 0) is 43.7 Å². The molecule has 0 spiro atoms. The molecule has 31 heavy (non-hydrogen) atoms. The average Bonchev–Trinajstić information content (AvgIpc) is 2.91. The molecule has 0 radical (unpaired) electrons. The van der Waals surface area contributed by atoms with Crippen LogP contribution < -0.4 is 0 Å². The van der Waals surface area contributed by atoms with Crippen molar-refractivity contribution in [1.82, 2.24) is 18.6 Å². The van der Waals surface area contributed by atoms with Crippen LogP contribution in [0.1, 0.15) is 17.7 Å². The molecule has 0 bridgehead atoms. The molecule has 3 aromatic rings. The summed E-state index contributed by atoms with van der Waals surface area (Å²) < 4.78 is 29.2. The number of rotatable bonds is 4. The fourth-order valence-electron chi connectivity index (χ4n) is 3.60. The standard InChI is InChI=1S/C22H23ClN4O3S/c1-17-6-8-18(9-7-17)31(29,30)26-13-4-12-25(15-16-26)21(28)11-10-19-22(23)24-20-5-2-3-14-27(19)20/h2-3,5-11,14H,4,12-13,15-16H2,1H3/b11-10+. The highest BCUT2D eigenvalue weighted by Gasteiger charge is 2.27. The third kappa shape index (κ3) is 4.51. The molecule has 2 aromatic heterocycles. The van der Waals surface area contributed by atoms with Gasteiger partial charge in [0.2, 0.25) is 15.9 Å². The van der Waals surface area contributed by atoms with E-state index in [1.807, 2.05) is 35.7 Å². The van der Waals surface area contributed by atoms with Crippen LogP contribution in [0.3, 0.4) is 0 Å². The number of pyridine rings is 1. The molecule has 0 unspecified atom stereocenters. The van der Waals surface area contributed by atoms with Crippen LogP contribution in [-0.2, 0) is 14.8 Å². The van der Waals surface area contributed by atoms with E-state index in [9.17, 15) is 13.2 Å².